The van der Waals surface area contributed by atoms with Crippen molar-refractivity contribution in [1.82, 2.24) is 0 Å². The van der Waals surface area contributed by atoms with Gasteiger partial charge in [-0.1, -0.05) is 13.8 Å². The minimum atomic E-state index is -0.218. The third-order valence-electron chi connectivity index (χ3n) is 8.39. The average Bonchev–Trinajstić information content (AvgIpc) is 2.77. The zero-order valence-corrected chi connectivity index (χ0v) is 13.9. The fraction of sp³-hybridized carbons (Fsp3) is 0.947. The van der Waals surface area contributed by atoms with E-state index in [0.717, 1.165) is 44.9 Å². The Morgan fingerprint density at radius 2 is 1.64 bits per heavy atom. The second-order valence-corrected chi connectivity index (χ2v) is 9.18. The lowest BCUT2D eigenvalue weighted by molar-refractivity contribution is -0.162. The molecule has 4 aliphatic carbocycles. The second kappa shape index (κ2) is 4.80. The topological polar surface area (TPSA) is 57.5 Å². The standard InChI is InChI=1S/C19H30O3/c1-18-7-5-12(20)9-11(18)10-15(21)17-13-3-4-16(22)19(13,2)8-6-14(17)18/h11-14,16-17,20,22H,3-10H2,1-2H3. The van der Waals surface area contributed by atoms with Gasteiger partial charge < -0.3 is 10.2 Å². The van der Waals surface area contributed by atoms with Crippen LogP contribution in [0.4, 0.5) is 0 Å². The molecule has 4 aliphatic rings. The molecule has 22 heavy (non-hydrogen) atoms. The summed E-state index contributed by atoms with van der Waals surface area (Å²) in [5, 5.41) is 20.5. The molecule has 3 heteroatoms. The van der Waals surface area contributed by atoms with E-state index in [1.807, 2.05) is 0 Å². The molecule has 2 N–H and O–H groups in total. The van der Waals surface area contributed by atoms with Crippen molar-refractivity contribution in [3.05, 3.63) is 0 Å². The van der Waals surface area contributed by atoms with Gasteiger partial charge in [0.05, 0.1) is 12.2 Å². The number of hydrogen-bond donors (Lipinski definition) is 2. The molecule has 0 aromatic carbocycles. The first kappa shape index (κ1) is 15.1. The Bertz CT molecular complexity index is 489. The molecule has 8 unspecified atom stereocenters. The minimum absolute atomic E-state index is 0.0335. The Morgan fingerprint density at radius 1 is 0.955 bits per heavy atom. The molecule has 0 bridgehead atoms. The molecule has 0 aromatic rings. The van der Waals surface area contributed by atoms with Crippen molar-refractivity contribution in [1.29, 1.82) is 0 Å². The van der Waals surface area contributed by atoms with E-state index in [1.54, 1.807) is 0 Å². The largest absolute Gasteiger partial charge is 0.393 e. The van der Waals surface area contributed by atoms with Gasteiger partial charge >= 0.3 is 0 Å². The van der Waals surface area contributed by atoms with Crippen molar-refractivity contribution in [2.45, 2.75) is 77.4 Å². The maximum atomic E-state index is 13.0. The Kier molecular flexibility index (Phi) is 3.30. The number of fused-ring (bicyclic) bond motifs is 5. The van der Waals surface area contributed by atoms with Crippen LogP contribution >= 0.6 is 0 Å². The van der Waals surface area contributed by atoms with Gasteiger partial charge in [0.1, 0.15) is 5.78 Å². The molecule has 0 heterocycles. The van der Waals surface area contributed by atoms with Gasteiger partial charge in [-0.15, -0.1) is 0 Å². The van der Waals surface area contributed by atoms with Crippen LogP contribution in [0, 0.1) is 34.5 Å². The molecule has 4 saturated carbocycles. The first-order valence-corrected chi connectivity index (χ1v) is 9.25. The lowest BCUT2D eigenvalue weighted by Crippen LogP contribution is -2.57. The third-order valence-corrected chi connectivity index (χ3v) is 8.39. The number of carbonyl (C=O) groups excluding carboxylic acids is 1. The first-order chi connectivity index (χ1) is 10.4. The molecule has 3 nitrogen and oxygen atoms in total. The van der Waals surface area contributed by atoms with E-state index in [-0.39, 0.29) is 29.0 Å². The first-order valence-electron chi connectivity index (χ1n) is 9.25. The lowest BCUT2D eigenvalue weighted by Gasteiger charge is -2.59. The van der Waals surface area contributed by atoms with Crippen molar-refractivity contribution >= 4 is 5.78 Å². The molecular formula is C19H30O3. The Morgan fingerprint density at radius 3 is 2.41 bits per heavy atom. The van der Waals surface area contributed by atoms with Gasteiger partial charge in [0, 0.05) is 12.3 Å². The van der Waals surface area contributed by atoms with Crippen LogP contribution in [0.15, 0.2) is 0 Å². The van der Waals surface area contributed by atoms with E-state index < -0.39 is 0 Å². The molecule has 0 radical (unpaired) electrons. The number of aliphatic hydroxyl groups is 2. The molecule has 0 aliphatic heterocycles. The van der Waals surface area contributed by atoms with Crippen molar-refractivity contribution in [3.8, 4) is 0 Å². The molecule has 0 saturated heterocycles. The summed E-state index contributed by atoms with van der Waals surface area (Å²) in [6.07, 6.45) is 7.07. The summed E-state index contributed by atoms with van der Waals surface area (Å²) in [7, 11) is 0. The Hall–Kier alpha value is -0.410. The summed E-state index contributed by atoms with van der Waals surface area (Å²) in [5.41, 5.74) is 0.195. The molecule has 0 spiro atoms. The van der Waals surface area contributed by atoms with E-state index >= 15 is 0 Å². The van der Waals surface area contributed by atoms with Crippen molar-refractivity contribution in [2.24, 2.45) is 34.5 Å². The van der Waals surface area contributed by atoms with Crippen LogP contribution in [-0.2, 0) is 4.79 Å². The predicted octanol–water partition coefficient (Wildman–Crippen LogP) is 2.93. The zero-order chi connectivity index (χ0) is 15.7. The molecule has 8 atom stereocenters. The SMILES string of the molecule is CC12CCC3C(C(=O)CC4CC(O)CCC43C)C1CCC2O. The highest BCUT2D eigenvalue weighted by Crippen LogP contribution is 2.65. The van der Waals surface area contributed by atoms with Crippen LogP contribution in [0.3, 0.4) is 0 Å². The van der Waals surface area contributed by atoms with Gasteiger partial charge in [-0.2, -0.15) is 0 Å². The average molecular weight is 306 g/mol. The molecule has 4 rings (SSSR count). The van der Waals surface area contributed by atoms with Crippen LogP contribution in [-0.4, -0.2) is 28.2 Å². The quantitative estimate of drug-likeness (QED) is 0.723. The van der Waals surface area contributed by atoms with Crippen LogP contribution in [0.5, 0.6) is 0 Å². The van der Waals surface area contributed by atoms with Crippen molar-refractivity contribution < 1.29 is 15.0 Å². The number of ketones is 1. The van der Waals surface area contributed by atoms with E-state index in [2.05, 4.69) is 13.8 Å². The molecule has 0 aromatic heterocycles. The van der Waals surface area contributed by atoms with Gasteiger partial charge in [0.25, 0.3) is 0 Å². The zero-order valence-electron chi connectivity index (χ0n) is 13.9. The lowest BCUT2D eigenvalue weighted by atomic mass is 9.45. The van der Waals surface area contributed by atoms with E-state index in [4.69, 9.17) is 0 Å². The van der Waals surface area contributed by atoms with Crippen molar-refractivity contribution in [3.63, 3.8) is 0 Å². The number of rotatable bonds is 0. The van der Waals surface area contributed by atoms with Crippen LogP contribution < -0.4 is 0 Å². The van der Waals surface area contributed by atoms with E-state index in [0.29, 0.717) is 30.0 Å². The highest BCUT2D eigenvalue weighted by atomic mass is 16.3. The van der Waals surface area contributed by atoms with Crippen molar-refractivity contribution in [2.75, 3.05) is 0 Å². The smallest absolute Gasteiger partial charge is 0.136 e. The highest BCUT2D eigenvalue weighted by molar-refractivity contribution is 5.83. The summed E-state index contributed by atoms with van der Waals surface area (Å²) in [6.45, 7) is 4.61. The van der Waals surface area contributed by atoms with E-state index in [1.165, 1.54) is 0 Å². The molecular weight excluding hydrogens is 276 g/mol. The Balaban J connectivity index is 1.69. The second-order valence-electron chi connectivity index (χ2n) is 9.18. The minimum Gasteiger partial charge on any atom is -0.393 e. The van der Waals surface area contributed by atoms with Gasteiger partial charge in [-0.3, -0.25) is 4.79 Å². The van der Waals surface area contributed by atoms with Gasteiger partial charge in [0.2, 0.25) is 0 Å². The third kappa shape index (κ3) is 1.84. The van der Waals surface area contributed by atoms with Gasteiger partial charge in [-0.05, 0) is 73.5 Å². The summed E-state index contributed by atoms with van der Waals surface area (Å²) in [5.74, 6) is 1.85. The molecule has 4 fully saturated rings. The highest BCUT2D eigenvalue weighted by Gasteiger charge is 2.62. The fourth-order valence-electron chi connectivity index (χ4n) is 6.88. The monoisotopic (exact) mass is 306 g/mol. The van der Waals surface area contributed by atoms with Gasteiger partial charge in [-0.25, -0.2) is 0 Å². The predicted molar refractivity (Wildman–Crippen MR) is 84.1 cm³/mol. The number of carbonyl (C=O) groups is 1. The maximum absolute atomic E-state index is 13.0. The van der Waals surface area contributed by atoms with Crippen LogP contribution in [0.25, 0.3) is 0 Å². The van der Waals surface area contributed by atoms with Crippen LogP contribution in [0.2, 0.25) is 0 Å². The number of aliphatic hydroxyl groups excluding tert-OH is 2. The molecule has 124 valence electrons. The summed E-state index contributed by atoms with van der Waals surface area (Å²) in [4.78, 5) is 13.0. The summed E-state index contributed by atoms with van der Waals surface area (Å²) in [6, 6.07) is 0. The number of hydrogen-bond acceptors (Lipinski definition) is 3. The Labute approximate surface area is 133 Å². The maximum Gasteiger partial charge on any atom is 0.136 e. The molecule has 0 amide bonds. The fourth-order valence-corrected chi connectivity index (χ4v) is 6.88. The van der Waals surface area contributed by atoms with Gasteiger partial charge in [0.15, 0.2) is 0 Å². The normalized spacial score (nSPS) is 57.9. The number of Topliss-reactive ketones (excluding diaryl/α,β-unsaturated/α-hetero) is 1. The summed E-state index contributed by atoms with van der Waals surface area (Å²) >= 11 is 0. The summed E-state index contributed by atoms with van der Waals surface area (Å²) < 4.78 is 0. The van der Waals surface area contributed by atoms with E-state index in [9.17, 15) is 15.0 Å². The van der Waals surface area contributed by atoms with Crippen LogP contribution in [0.1, 0.15) is 65.2 Å².